The molecular formula is C15H15N3O3. The Morgan fingerprint density at radius 2 is 2.05 bits per heavy atom. The van der Waals surface area contributed by atoms with E-state index in [1.807, 2.05) is 30.3 Å². The predicted octanol–water partition coefficient (Wildman–Crippen LogP) is 1.79. The Bertz CT molecular complexity index is 649. The second-order valence-corrected chi connectivity index (χ2v) is 4.39. The molecule has 0 atom stereocenters. The molecule has 0 fully saturated rings. The van der Waals surface area contributed by atoms with Crippen LogP contribution in [0.2, 0.25) is 0 Å². The zero-order chi connectivity index (χ0) is 15.2. The van der Waals surface area contributed by atoms with Crippen molar-refractivity contribution >= 4 is 11.9 Å². The maximum Gasteiger partial charge on any atom is 0.323 e. The van der Waals surface area contributed by atoms with E-state index in [0.717, 1.165) is 5.56 Å². The van der Waals surface area contributed by atoms with Crippen LogP contribution in [0.15, 0.2) is 49.2 Å². The first-order valence-corrected chi connectivity index (χ1v) is 6.34. The number of aromatic amines is 1. The number of H-pyrrole nitrogens is 1. The lowest BCUT2D eigenvalue weighted by molar-refractivity contribution is -0.137. The van der Waals surface area contributed by atoms with Crippen LogP contribution in [-0.4, -0.2) is 45.2 Å². The van der Waals surface area contributed by atoms with Crippen LogP contribution in [-0.2, 0) is 4.79 Å². The number of carboxylic acids is 1. The van der Waals surface area contributed by atoms with Gasteiger partial charge in [0.05, 0.1) is 17.5 Å². The highest BCUT2D eigenvalue weighted by molar-refractivity contribution is 6.00. The summed E-state index contributed by atoms with van der Waals surface area (Å²) in [5.41, 5.74) is 1.72. The number of carbonyl (C=O) groups excluding carboxylic acids is 1. The molecule has 2 aromatic rings. The average molecular weight is 285 g/mol. The quantitative estimate of drug-likeness (QED) is 0.792. The van der Waals surface area contributed by atoms with Gasteiger partial charge in [0.15, 0.2) is 0 Å². The van der Waals surface area contributed by atoms with Gasteiger partial charge in [-0.1, -0.05) is 36.4 Å². The van der Waals surface area contributed by atoms with Gasteiger partial charge in [-0.15, -0.1) is 6.58 Å². The Morgan fingerprint density at radius 1 is 1.33 bits per heavy atom. The first kappa shape index (κ1) is 14.5. The number of aliphatic carboxylic acids is 1. The molecule has 0 radical (unpaired) electrons. The van der Waals surface area contributed by atoms with E-state index in [4.69, 9.17) is 5.11 Å². The molecule has 0 saturated heterocycles. The van der Waals surface area contributed by atoms with Gasteiger partial charge in [0.25, 0.3) is 5.91 Å². The second-order valence-electron chi connectivity index (χ2n) is 4.39. The summed E-state index contributed by atoms with van der Waals surface area (Å²) >= 11 is 0. The third kappa shape index (κ3) is 3.36. The molecule has 6 nitrogen and oxygen atoms in total. The fourth-order valence-corrected chi connectivity index (χ4v) is 1.98. The minimum absolute atomic E-state index is 0.157. The smallest absolute Gasteiger partial charge is 0.323 e. The van der Waals surface area contributed by atoms with Crippen molar-refractivity contribution in [2.45, 2.75) is 0 Å². The number of amides is 1. The van der Waals surface area contributed by atoms with Gasteiger partial charge in [0.2, 0.25) is 0 Å². The Morgan fingerprint density at radius 3 is 2.67 bits per heavy atom. The van der Waals surface area contributed by atoms with Crippen molar-refractivity contribution in [1.82, 2.24) is 15.1 Å². The lowest BCUT2D eigenvalue weighted by Crippen LogP contribution is -2.35. The Kier molecular flexibility index (Phi) is 4.50. The molecule has 1 aromatic heterocycles. The van der Waals surface area contributed by atoms with Crippen molar-refractivity contribution in [1.29, 1.82) is 0 Å². The average Bonchev–Trinajstić information content (AvgIpc) is 2.96. The molecule has 6 heteroatoms. The summed E-state index contributed by atoms with van der Waals surface area (Å²) in [5.74, 6) is -1.47. The largest absolute Gasteiger partial charge is 0.480 e. The number of carbonyl (C=O) groups is 2. The molecule has 0 aliphatic rings. The highest BCUT2D eigenvalue weighted by atomic mass is 16.4. The van der Waals surface area contributed by atoms with Crippen LogP contribution in [0.1, 0.15) is 10.4 Å². The summed E-state index contributed by atoms with van der Waals surface area (Å²) in [5, 5.41) is 15.6. The topological polar surface area (TPSA) is 86.3 Å². The Balaban J connectivity index is 2.33. The zero-order valence-corrected chi connectivity index (χ0v) is 11.3. The fraction of sp³-hybridized carbons (Fsp3) is 0.133. The van der Waals surface area contributed by atoms with E-state index in [2.05, 4.69) is 16.8 Å². The highest BCUT2D eigenvalue weighted by Crippen LogP contribution is 2.21. The molecule has 2 N–H and O–H groups in total. The molecule has 0 aliphatic carbocycles. The van der Waals surface area contributed by atoms with Crippen LogP contribution in [0.25, 0.3) is 11.3 Å². The van der Waals surface area contributed by atoms with Gasteiger partial charge in [-0.3, -0.25) is 14.7 Å². The molecule has 21 heavy (non-hydrogen) atoms. The summed E-state index contributed by atoms with van der Waals surface area (Å²) < 4.78 is 0. The van der Waals surface area contributed by atoms with Gasteiger partial charge < -0.3 is 10.0 Å². The monoisotopic (exact) mass is 285 g/mol. The molecule has 1 heterocycles. The highest BCUT2D eigenvalue weighted by Gasteiger charge is 2.22. The van der Waals surface area contributed by atoms with E-state index >= 15 is 0 Å². The summed E-state index contributed by atoms with van der Waals surface area (Å²) in [4.78, 5) is 24.5. The molecule has 2 rings (SSSR count). The van der Waals surface area contributed by atoms with Gasteiger partial charge in [-0.05, 0) is 0 Å². The minimum Gasteiger partial charge on any atom is -0.480 e. The van der Waals surface area contributed by atoms with Crippen LogP contribution in [0.4, 0.5) is 0 Å². The molecule has 108 valence electrons. The number of carboxylic acid groups (broad SMARTS) is 1. The lowest BCUT2D eigenvalue weighted by Gasteiger charge is -2.18. The number of benzene rings is 1. The van der Waals surface area contributed by atoms with Crippen molar-refractivity contribution < 1.29 is 14.7 Å². The maximum atomic E-state index is 12.5. The number of nitrogens with zero attached hydrogens (tertiary/aromatic N) is 2. The standard InChI is InChI=1S/C15H15N3O3/c1-2-8-18(10-13(19)20)15(21)12-9-16-17-14(12)11-6-4-3-5-7-11/h2-7,9H,1,8,10H2,(H,16,17)(H,19,20). The Labute approximate surface area is 121 Å². The van der Waals surface area contributed by atoms with Crippen LogP contribution < -0.4 is 0 Å². The van der Waals surface area contributed by atoms with E-state index in [9.17, 15) is 9.59 Å². The maximum absolute atomic E-state index is 12.5. The molecule has 0 aliphatic heterocycles. The predicted molar refractivity (Wildman–Crippen MR) is 77.8 cm³/mol. The van der Waals surface area contributed by atoms with Crippen LogP contribution in [0, 0.1) is 0 Å². The molecule has 0 saturated carbocycles. The lowest BCUT2D eigenvalue weighted by atomic mass is 10.1. The summed E-state index contributed by atoms with van der Waals surface area (Å²) in [6, 6.07) is 9.26. The third-order valence-electron chi connectivity index (χ3n) is 2.90. The molecule has 1 amide bonds. The molecule has 1 aromatic carbocycles. The SMILES string of the molecule is C=CCN(CC(=O)O)C(=O)c1cn[nH]c1-c1ccccc1. The molecule has 0 spiro atoms. The first-order valence-electron chi connectivity index (χ1n) is 6.34. The Hall–Kier alpha value is -2.89. The van der Waals surface area contributed by atoms with E-state index in [1.165, 1.54) is 17.2 Å². The number of rotatable bonds is 6. The van der Waals surface area contributed by atoms with E-state index in [0.29, 0.717) is 11.3 Å². The summed E-state index contributed by atoms with van der Waals surface area (Å²) in [7, 11) is 0. The third-order valence-corrected chi connectivity index (χ3v) is 2.90. The van der Waals surface area contributed by atoms with Crippen molar-refractivity contribution in [3.05, 3.63) is 54.7 Å². The van der Waals surface area contributed by atoms with Crippen molar-refractivity contribution in [3.63, 3.8) is 0 Å². The molecule has 0 bridgehead atoms. The van der Waals surface area contributed by atoms with E-state index in [-0.39, 0.29) is 13.1 Å². The second kappa shape index (κ2) is 6.51. The van der Waals surface area contributed by atoms with Gasteiger partial charge >= 0.3 is 5.97 Å². The van der Waals surface area contributed by atoms with Crippen molar-refractivity contribution in [3.8, 4) is 11.3 Å². The van der Waals surface area contributed by atoms with Crippen LogP contribution in [0.5, 0.6) is 0 Å². The number of aromatic nitrogens is 2. The molecular weight excluding hydrogens is 270 g/mol. The van der Waals surface area contributed by atoms with Gasteiger partial charge in [0.1, 0.15) is 6.54 Å². The van der Waals surface area contributed by atoms with Crippen molar-refractivity contribution in [2.75, 3.05) is 13.1 Å². The van der Waals surface area contributed by atoms with Crippen molar-refractivity contribution in [2.24, 2.45) is 0 Å². The summed E-state index contributed by atoms with van der Waals surface area (Å²) in [6.07, 6.45) is 2.89. The van der Waals surface area contributed by atoms with Crippen LogP contribution >= 0.6 is 0 Å². The minimum atomic E-state index is -1.07. The number of nitrogens with one attached hydrogen (secondary N) is 1. The number of hydrogen-bond acceptors (Lipinski definition) is 3. The van der Waals surface area contributed by atoms with Gasteiger partial charge in [-0.25, -0.2) is 0 Å². The molecule has 0 unspecified atom stereocenters. The van der Waals surface area contributed by atoms with E-state index < -0.39 is 11.9 Å². The fourth-order valence-electron chi connectivity index (χ4n) is 1.98. The summed E-state index contributed by atoms with van der Waals surface area (Å²) in [6.45, 7) is 3.31. The number of hydrogen-bond donors (Lipinski definition) is 2. The van der Waals surface area contributed by atoms with Crippen LogP contribution in [0.3, 0.4) is 0 Å². The zero-order valence-electron chi connectivity index (χ0n) is 11.3. The van der Waals surface area contributed by atoms with Gasteiger partial charge in [-0.2, -0.15) is 5.10 Å². The van der Waals surface area contributed by atoms with E-state index in [1.54, 1.807) is 0 Å². The first-order chi connectivity index (χ1) is 10.1. The normalized spacial score (nSPS) is 10.1. The van der Waals surface area contributed by atoms with Gasteiger partial charge in [0, 0.05) is 12.1 Å².